The monoisotopic (exact) mass is 362 g/mol. The number of nitro groups is 1. The van der Waals surface area contributed by atoms with E-state index in [0.29, 0.717) is 19.0 Å². The lowest BCUT2D eigenvalue weighted by molar-refractivity contribution is -0.384. The quantitative estimate of drug-likeness (QED) is 0.321. The van der Waals surface area contributed by atoms with Crippen LogP contribution < -0.4 is 5.32 Å². The smallest absolute Gasteiger partial charge is 0.317 e. The molecule has 0 fully saturated rings. The summed E-state index contributed by atoms with van der Waals surface area (Å²) in [6.45, 7) is 9.02. The number of hydrogen-bond acceptors (Lipinski definition) is 6. The van der Waals surface area contributed by atoms with Crippen molar-refractivity contribution in [2.24, 2.45) is 0 Å². The van der Waals surface area contributed by atoms with Crippen molar-refractivity contribution in [2.45, 2.75) is 33.6 Å². The van der Waals surface area contributed by atoms with E-state index in [0.717, 1.165) is 37.3 Å². The normalized spacial score (nSPS) is 11.9. The predicted octanol–water partition coefficient (Wildman–Crippen LogP) is 2.69. The summed E-state index contributed by atoms with van der Waals surface area (Å²) in [6, 6.07) is 0. The van der Waals surface area contributed by atoms with Gasteiger partial charge in [-0.2, -0.15) is 5.10 Å². The van der Waals surface area contributed by atoms with Crippen LogP contribution in [0.2, 0.25) is 0 Å². The molecule has 0 radical (unpaired) electrons. The molecular weight excluding hydrogens is 336 g/mol. The Kier molecular flexibility index (Phi) is 7.49. The van der Waals surface area contributed by atoms with E-state index in [4.69, 9.17) is 4.74 Å². The highest BCUT2D eigenvalue weighted by molar-refractivity contribution is 5.65. The maximum Gasteiger partial charge on any atom is 0.317 e. The van der Waals surface area contributed by atoms with Crippen LogP contribution in [0.3, 0.4) is 0 Å². The van der Waals surface area contributed by atoms with Gasteiger partial charge in [-0.05, 0) is 25.8 Å². The van der Waals surface area contributed by atoms with E-state index < -0.39 is 4.92 Å². The van der Waals surface area contributed by atoms with E-state index in [9.17, 15) is 10.1 Å². The van der Waals surface area contributed by atoms with Crippen LogP contribution in [0.25, 0.3) is 17.6 Å². The van der Waals surface area contributed by atoms with Gasteiger partial charge in [0.25, 0.3) is 0 Å². The molecule has 0 atom stereocenters. The molecule has 9 heteroatoms. The Morgan fingerprint density at radius 3 is 2.88 bits per heavy atom. The molecule has 142 valence electrons. The Hall–Kier alpha value is -2.52. The second kappa shape index (κ2) is 9.83. The van der Waals surface area contributed by atoms with Crippen molar-refractivity contribution in [1.82, 2.24) is 25.5 Å². The third-order valence-electron chi connectivity index (χ3n) is 3.99. The zero-order chi connectivity index (χ0) is 18.9. The lowest BCUT2D eigenvalue weighted by Gasteiger charge is -2.07. The third kappa shape index (κ3) is 4.99. The molecule has 0 spiro atoms. The van der Waals surface area contributed by atoms with Crippen LogP contribution >= 0.6 is 0 Å². The summed E-state index contributed by atoms with van der Waals surface area (Å²) in [5.74, 6) is 0.428. The second-order valence-electron chi connectivity index (χ2n) is 5.72. The minimum Gasteiger partial charge on any atom is -0.380 e. The summed E-state index contributed by atoms with van der Waals surface area (Å²) in [5, 5.41) is 20.9. The molecule has 0 aliphatic carbocycles. The maximum atomic E-state index is 11.1. The first-order valence-electron chi connectivity index (χ1n) is 8.85. The Bertz CT molecular complexity index is 750. The molecule has 3 N–H and O–H groups in total. The summed E-state index contributed by atoms with van der Waals surface area (Å²) in [5.41, 5.74) is 3.13. The van der Waals surface area contributed by atoms with E-state index in [-0.39, 0.29) is 11.4 Å². The zero-order valence-electron chi connectivity index (χ0n) is 15.5. The van der Waals surface area contributed by atoms with Gasteiger partial charge in [0.15, 0.2) is 11.5 Å². The Morgan fingerprint density at radius 1 is 1.42 bits per heavy atom. The first-order valence-corrected chi connectivity index (χ1v) is 8.85. The molecular formula is C17H26N6O3. The second-order valence-corrected chi connectivity index (χ2v) is 5.72. The molecule has 0 aromatic carbocycles. The van der Waals surface area contributed by atoms with Gasteiger partial charge in [-0.25, -0.2) is 4.98 Å². The molecule has 0 aliphatic heterocycles. The molecule has 9 nitrogen and oxygen atoms in total. The number of nitrogens with one attached hydrogen (secondary N) is 3. The van der Waals surface area contributed by atoms with Crippen LogP contribution in [0.1, 0.15) is 38.6 Å². The average molecular weight is 362 g/mol. The average Bonchev–Trinajstić information content (AvgIpc) is 3.27. The van der Waals surface area contributed by atoms with Gasteiger partial charge in [0.05, 0.1) is 17.2 Å². The molecule has 26 heavy (non-hydrogen) atoms. The number of imidazole rings is 1. The van der Waals surface area contributed by atoms with Crippen molar-refractivity contribution >= 4 is 11.8 Å². The lowest BCUT2D eigenvalue weighted by atomic mass is 10.1. The first kappa shape index (κ1) is 19.8. The molecule has 0 aliphatic rings. The van der Waals surface area contributed by atoms with Gasteiger partial charge in [-0.1, -0.05) is 19.4 Å². The van der Waals surface area contributed by atoms with Crippen LogP contribution in [0.15, 0.2) is 11.8 Å². The molecule has 0 saturated heterocycles. The summed E-state index contributed by atoms with van der Waals surface area (Å²) >= 11 is 0. The zero-order valence-corrected chi connectivity index (χ0v) is 15.5. The topological polar surface area (TPSA) is 122 Å². The predicted molar refractivity (Wildman–Crippen MR) is 99.8 cm³/mol. The summed E-state index contributed by atoms with van der Waals surface area (Å²) in [4.78, 5) is 18.4. The number of nitrogens with zero attached hydrogens (tertiary/aromatic N) is 3. The Balaban J connectivity index is 2.18. The number of aromatic amines is 2. The van der Waals surface area contributed by atoms with Gasteiger partial charge in [0.1, 0.15) is 6.20 Å². The Labute approximate surface area is 152 Å². The highest BCUT2D eigenvalue weighted by atomic mass is 16.6. The third-order valence-corrected chi connectivity index (χ3v) is 3.99. The van der Waals surface area contributed by atoms with Gasteiger partial charge >= 0.3 is 5.69 Å². The van der Waals surface area contributed by atoms with E-state index >= 15 is 0 Å². The molecule has 2 aromatic heterocycles. The summed E-state index contributed by atoms with van der Waals surface area (Å²) in [6.07, 6.45) is 4.86. The van der Waals surface area contributed by atoms with Crippen molar-refractivity contribution < 1.29 is 9.66 Å². The molecule has 2 heterocycles. The SMILES string of the molecule is CCOCCNC/C(=C/c1nc(-c2[nH]ncc2[N+](=O)[O-])[nH]c1CC)CC. The van der Waals surface area contributed by atoms with E-state index in [1.165, 1.54) is 11.8 Å². The fraction of sp³-hybridized carbons (Fsp3) is 0.529. The molecule has 0 amide bonds. The van der Waals surface area contributed by atoms with Crippen LogP contribution in [-0.4, -0.2) is 51.4 Å². The minimum absolute atomic E-state index is 0.0924. The highest BCUT2D eigenvalue weighted by Gasteiger charge is 2.21. The molecule has 2 aromatic rings. The fourth-order valence-electron chi connectivity index (χ4n) is 2.53. The van der Waals surface area contributed by atoms with E-state index in [1.807, 2.05) is 19.9 Å². The largest absolute Gasteiger partial charge is 0.380 e. The number of hydrogen-bond donors (Lipinski definition) is 3. The Morgan fingerprint density at radius 2 is 2.23 bits per heavy atom. The van der Waals surface area contributed by atoms with Crippen LogP contribution in [0.5, 0.6) is 0 Å². The number of aromatic nitrogens is 4. The standard InChI is InChI=1S/C17H26N6O3/c1-4-12(10-18-7-8-26-6-3)9-14-13(5-2)20-17(21-14)16-15(23(24)25)11-19-22-16/h9,11,18H,4-8,10H2,1-3H3,(H,19,22)(H,20,21)/b12-9+. The van der Waals surface area contributed by atoms with Crippen LogP contribution in [0.4, 0.5) is 5.69 Å². The number of H-pyrrole nitrogens is 2. The van der Waals surface area contributed by atoms with Gasteiger partial charge in [0.2, 0.25) is 0 Å². The lowest BCUT2D eigenvalue weighted by Crippen LogP contribution is -2.22. The maximum absolute atomic E-state index is 11.1. The van der Waals surface area contributed by atoms with Gasteiger partial charge < -0.3 is 15.0 Å². The van der Waals surface area contributed by atoms with E-state index in [2.05, 4.69) is 32.4 Å². The van der Waals surface area contributed by atoms with Gasteiger partial charge in [0, 0.05) is 25.4 Å². The van der Waals surface area contributed by atoms with Crippen molar-refractivity contribution in [1.29, 1.82) is 0 Å². The van der Waals surface area contributed by atoms with Crippen molar-refractivity contribution in [2.75, 3.05) is 26.3 Å². The van der Waals surface area contributed by atoms with Crippen LogP contribution in [-0.2, 0) is 11.2 Å². The number of rotatable bonds is 11. The molecule has 2 rings (SSSR count). The first-order chi connectivity index (χ1) is 12.6. The number of ether oxygens (including phenoxy) is 1. The highest BCUT2D eigenvalue weighted by Crippen LogP contribution is 2.26. The molecule has 0 unspecified atom stereocenters. The van der Waals surface area contributed by atoms with Gasteiger partial charge in [-0.3, -0.25) is 15.2 Å². The van der Waals surface area contributed by atoms with Crippen LogP contribution in [0, 0.1) is 10.1 Å². The van der Waals surface area contributed by atoms with Crippen molar-refractivity contribution in [3.05, 3.63) is 33.3 Å². The summed E-state index contributed by atoms with van der Waals surface area (Å²) in [7, 11) is 0. The summed E-state index contributed by atoms with van der Waals surface area (Å²) < 4.78 is 5.32. The number of aryl methyl sites for hydroxylation is 1. The molecule has 0 bridgehead atoms. The van der Waals surface area contributed by atoms with Crippen molar-refractivity contribution in [3.63, 3.8) is 0 Å². The van der Waals surface area contributed by atoms with Gasteiger partial charge in [-0.15, -0.1) is 0 Å². The minimum atomic E-state index is -0.470. The van der Waals surface area contributed by atoms with Crippen molar-refractivity contribution in [3.8, 4) is 11.5 Å². The molecule has 0 saturated carbocycles. The van der Waals surface area contributed by atoms with E-state index in [1.54, 1.807) is 0 Å². The fourth-order valence-corrected chi connectivity index (χ4v) is 2.53.